The number of methoxy groups -OCH3 is 1. The highest BCUT2D eigenvalue weighted by atomic mass is 32.1. The monoisotopic (exact) mass is 536 g/mol. The maximum atomic E-state index is 12.8. The summed E-state index contributed by atoms with van der Waals surface area (Å²) in [5.74, 6) is 6.57. The fourth-order valence-corrected chi connectivity index (χ4v) is 5.30. The molecular formula is C29H27F3N4OS. The number of aromatic nitrogens is 2. The number of nitrogens with zero attached hydrogens (tertiary/aromatic N) is 2. The minimum absolute atomic E-state index is 0.312. The zero-order chi connectivity index (χ0) is 26.8. The molecule has 0 bridgehead atoms. The fourth-order valence-electron chi connectivity index (χ4n) is 4.37. The zero-order valence-electron chi connectivity index (χ0n) is 20.8. The smallest absolute Gasteiger partial charge is 0.366 e. The van der Waals surface area contributed by atoms with Crippen molar-refractivity contribution >= 4 is 27.2 Å². The summed E-state index contributed by atoms with van der Waals surface area (Å²) in [5.41, 5.74) is 7.64. The van der Waals surface area contributed by atoms with E-state index in [2.05, 4.69) is 28.2 Å². The van der Waals surface area contributed by atoms with E-state index in [0.29, 0.717) is 23.8 Å². The molecule has 196 valence electrons. The Morgan fingerprint density at radius 1 is 1.13 bits per heavy atom. The van der Waals surface area contributed by atoms with Gasteiger partial charge in [0.1, 0.15) is 11.3 Å². The first-order valence-corrected chi connectivity index (χ1v) is 13.2. The van der Waals surface area contributed by atoms with Crippen LogP contribution in [0.2, 0.25) is 0 Å². The molecule has 1 atom stereocenters. The summed E-state index contributed by atoms with van der Waals surface area (Å²) in [5, 5.41) is 6.11. The van der Waals surface area contributed by atoms with Crippen molar-refractivity contribution in [2.24, 2.45) is 5.73 Å². The van der Waals surface area contributed by atoms with Gasteiger partial charge < -0.3 is 15.8 Å². The summed E-state index contributed by atoms with van der Waals surface area (Å²) in [6.07, 6.45) is 2.58. The van der Waals surface area contributed by atoms with E-state index in [-0.39, 0.29) is 6.04 Å². The van der Waals surface area contributed by atoms with Gasteiger partial charge in [0, 0.05) is 37.5 Å². The lowest BCUT2D eigenvalue weighted by molar-refractivity contribution is -0.137. The van der Waals surface area contributed by atoms with Gasteiger partial charge in [-0.25, -0.2) is 4.98 Å². The number of ether oxygens (including phenoxy) is 1. The molecule has 1 aliphatic carbocycles. The molecule has 9 heteroatoms. The highest BCUT2D eigenvalue weighted by Gasteiger charge is 2.35. The summed E-state index contributed by atoms with van der Waals surface area (Å²) in [6.45, 7) is 0.409. The maximum absolute atomic E-state index is 12.8. The van der Waals surface area contributed by atoms with Gasteiger partial charge in [0.25, 0.3) is 0 Å². The van der Waals surface area contributed by atoms with Crippen LogP contribution in [0.15, 0.2) is 60.9 Å². The first kappa shape index (κ1) is 26.2. The first-order chi connectivity index (χ1) is 18.2. The number of halogens is 3. The zero-order valence-corrected chi connectivity index (χ0v) is 21.6. The summed E-state index contributed by atoms with van der Waals surface area (Å²) in [7, 11) is 1.69. The summed E-state index contributed by atoms with van der Waals surface area (Å²) in [6, 6.07) is 12.9. The van der Waals surface area contributed by atoms with Gasteiger partial charge in [-0.15, -0.1) is 0 Å². The Hall–Kier alpha value is -3.45. The van der Waals surface area contributed by atoms with Crippen molar-refractivity contribution in [1.29, 1.82) is 0 Å². The van der Waals surface area contributed by atoms with Gasteiger partial charge in [-0.1, -0.05) is 41.5 Å². The number of anilines is 1. The van der Waals surface area contributed by atoms with Crippen LogP contribution in [0.1, 0.15) is 36.1 Å². The Bertz CT molecular complexity index is 1480. The Balaban J connectivity index is 1.35. The van der Waals surface area contributed by atoms with Crippen LogP contribution in [0.5, 0.6) is 0 Å². The van der Waals surface area contributed by atoms with Crippen molar-refractivity contribution in [2.75, 3.05) is 19.0 Å². The van der Waals surface area contributed by atoms with Gasteiger partial charge in [0.2, 0.25) is 0 Å². The SMILES string of the molecule is COC1(C#Cc2nc(NC[C@@H](N)Cc3ccc(C(F)(F)F)cc3)sc2-c2ccc3cnccc3c2)CCC1. The normalized spacial score (nSPS) is 15.4. The molecular weight excluding hydrogens is 509 g/mol. The highest BCUT2D eigenvalue weighted by molar-refractivity contribution is 7.19. The molecule has 0 unspecified atom stereocenters. The third-order valence-corrected chi connectivity index (χ3v) is 7.85. The average Bonchev–Trinajstić information content (AvgIpc) is 3.30. The van der Waals surface area contributed by atoms with Crippen molar-refractivity contribution in [3.63, 3.8) is 0 Å². The number of pyridine rings is 1. The highest BCUT2D eigenvalue weighted by Crippen LogP contribution is 2.37. The number of benzene rings is 2. The molecule has 0 radical (unpaired) electrons. The van der Waals surface area contributed by atoms with E-state index >= 15 is 0 Å². The Labute approximate surface area is 223 Å². The minimum Gasteiger partial charge on any atom is -0.366 e. The number of rotatable bonds is 7. The molecule has 4 aromatic rings. The van der Waals surface area contributed by atoms with E-state index in [1.807, 2.05) is 24.4 Å². The molecule has 0 aliphatic heterocycles. The van der Waals surface area contributed by atoms with Crippen LogP contribution in [0.3, 0.4) is 0 Å². The van der Waals surface area contributed by atoms with Crippen molar-refractivity contribution < 1.29 is 17.9 Å². The van der Waals surface area contributed by atoms with Crippen molar-refractivity contribution in [3.8, 4) is 22.3 Å². The quantitative estimate of drug-likeness (QED) is 0.272. The van der Waals surface area contributed by atoms with Crippen molar-refractivity contribution in [2.45, 2.75) is 43.5 Å². The third-order valence-electron chi connectivity index (χ3n) is 6.79. The van der Waals surface area contributed by atoms with Gasteiger partial charge in [0.15, 0.2) is 5.13 Å². The van der Waals surface area contributed by atoms with Gasteiger partial charge in [-0.05, 0) is 72.4 Å². The summed E-state index contributed by atoms with van der Waals surface area (Å²) < 4.78 is 44.2. The number of thiazole rings is 1. The van der Waals surface area contributed by atoms with Crippen molar-refractivity contribution in [3.05, 3.63) is 77.7 Å². The maximum Gasteiger partial charge on any atom is 0.416 e. The van der Waals surface area contributed by atoms with Crippen LogP contribution in [0.4, 0.5) is 18.3 Å². The molecule has 2 heterocycles. The molecule has 0 saturated heterocycles. The molecule has 0 spiro atoms. The van der Waals surface area contributed by atoms with Crippen molar-refractivity contribution in [1.82, 2.24) is 9.97 Å². The molecule has 38 heavy (non-hydrogen) atoms. The standard InChI is InChI=1S/C29H27F3N4OS/c1-37-28(11-2-12-28)13-9-25-26(21-5-6-22-17-34-14-10-20(22)16-21)38-27(36-25)35-18-24(33)15-19-3-7-23(8-4-19)29(30,31)32/h3-8,10,14,16-17,24H,2,11-12,15,18,33H2,1H3,(H,35,36)/t24-/m0/s1. The number of alkyl halides is 3. The van der Waals surface area contributed by atoms with E-state index < -0.39 is 17.3 Å². The second kappa shape index (κ2) is 10.7. The molecule has 1 saturated carbocycles. The van der Waals surface area contributed by atoms with E-state index in [9.17, 15) is 13.2 Å². The van der Waals surface area contributed by atoms with Crippen LogP contribution in [-0.2, 0) is 17.3 Å². The van der Waals surface area contributed by atoms with E-state index in [1.54, 1.807) is 13.3 Å². The van der Waals surface area contributed by atoms with Gasteiger partial charge >= 0.3 is 6.18 Å². The average molecular weight is 537 g/mol. The lowest BCUT2D eigenvalue weighted by Gasteiger charge is -2.35. The third kappa shape index (κ3) is 5.83. The van der Waals surface area contributed by atoms with Crippen LogP contribution >= 0.6 is 11.3 Å². The molecule has 1 aliphatic rings. The van der Waals surface area contributed by atoms with Gasteiger partial charge in [-0.2, -0.15) is 13.2 Å². The molecule has 5 rings (SSSR count). The molecule has 2 aromatic carbocycles. The number of nitrogens with two attached hydrogens (primary N) is 1. The van der Waals surface area contributed by atoms with Crippen LogP contribution < -0.4 is 11.1 Å². The van der Waals surface area contributed by atoms with E-state index in [4.69, 9.17) is 15.5 Å². The number of hydrogen-bond donors (Lipinski definition) is 2. The largest absolute Gasteiger partial charge is 0.416 e. The predicted octanol–water partition coefficient (Wildman–Crippen LogP) is 6.28. The number of hydrogen-bond acceptors (Lipinski definition) is 6. The topological polar surface area (TPSA) is 73.1 Å². The van der Waals surface area contributed by atoms with Crippen LogP contribution in [0.25, 0.3) is 21.2 Å². The molecule has 3 N–H and O–H groups in total. The fraction of sp³-hybridized carbons (Fsp3) is 0.310. The number of nitrogens with one attached hydrogen (secondary N) is 1. The van der Waals surface area contributed by atoms with E-state index in [1.165, 1.54) is 23.5 Å². The Morgan fingerprint density at radius 3 is 2.61 bits per heavy atom. The number of fused-ring (bicyclic) bond motifs is 1. The molecule has 2 aromatic heterocycles. The second-order valence-electron chi connectivity index (χ2n) is 9.48. The van der Waals surface area contributed by atoms with Crippen LogP contribution in [-0.4, -0.2) is 35.3 Å². The first-order valence-electron chi connectivity index (χ1n) is 12.3. The molecule has 5 nitrogen and oxygen atoms in total. The minimum atomic E-state index is -4.35. The Kier molecular flexibility index (Phi) is 7.39. The summed E-state index contributed by atoms with van der Waals surface area (Å²) >= 11 is 1.50. The molecule has 1 fully saturated rings. The van der Waals surface area contributed by atoms with Crippen LogP contribution in [0, 0.1) is 11.8 Å². The predicted molar refractivity (Wildman–Crippen MR) is 145 cm³/mol. The lowest BCUT2D eigenvalue weighted by Crippen LogP contribution is -2.37. The Morgan fingerprint density at radius 2 is 1.92 bits per heavy atom. The van der Waals surface area contributed by atoms with E-state index in [0.717, 1.165) is 58.2 Å². The second-order valence-corrected chi connectivity index (χ2v) is 10.5. The van der Waals surface area contributed by atoms with Gasteiger partial charge in [-0.3, -0.25) is 4.98 Å². The summed E-state index contributed by atoms with van der Waals surface area (Å²) in [4.78, 5) is 9.90. The molecule has 0 amide bonds. The lowest BCUT2D eigenvalue weighted by atomic mass is 9.80. The van der Waals surface area contributed by atoms with Gasteiger partial charge in [0.05, 0.1) is 10.4 Å².